The van der Waals surface area contributed by atoms with Crippen LogP contribution in [0.2, 0.25) is 0 Å². The highest BCUT2D eigenvalue weighted by atomic mass is 32.1. The van der Waals surface area contributed by atoms with Gasteiger partial charge in [0.05, 0.1) is 16.8 Å². The van der Waals surface area contributed by atoms with Crippen molar-refractivity contribution in [2.24, 2.45) is 4.99 Å². The second kappa shape index (κ2) is 9.52. The first-order valence-corrected chi connectivity index (χ1v) is 11.7. The van der Waals surface area contributed by atoms with Gasteiger partial charge in [-0.3, -0.25) is 9.59 Å². The molecular weight excluding hydrogens is 452 g/mol. The van der Waals surface area contributed by atoms with E-state index < -0.39 is 5.97 Å². The molecule has 0 atom stereocenters. The normalized spacial score (nSPS) is 12.8. The molecular formula is C26H22N2O5S. The second-order valence-electron chi connectivity index (χ2n) is 7.73. The lowest BCUT2D eigenvalue weighted by molar-refractivity contribution is -0.143. The summed E-state index contributed by atoms with van der Waals surface area (Å²) >= 11 is 1.31. The van der Waals surface area contributed by atoms with Crippen molar-refractivity contribution in [3.8, 4) is 11.5 Å². The number of nitrogens with zero attached hydrogens (tertiary/aromatic N) is 2. The minimum atomic E-state index is -0.404. The summed E-state index contributed by atoms with van der Waals surface area (Å²) in [6, 6.07) is 21.2. The van der Waals surface area contributed by atoms with E-state index in [1.54, 1.807) is 29.7 Å². The SMILES string of the molecule is CCOC(=O)Cn1c(=NC(=O)c2ccc(Cc3ccccc3)cc2)sc2cc3c(cc21)OCO3. The Hall–Kier alpha value is -3.91. The molecule has 0 saturated heterocycles. The third-order valence-corrected chi connectivity index (χ3v) is 6.46. The van der Waals surface area contributed by atoms with E-state index in [1.807, 2.05) is 36.4 Å². The molecule has 3 aromatic carbocycles. The maximum absolute atomic E-state index is 13.0. The summed E-state index contributed by atoms with van der Waals surface area (Å²) in [7, 11) is 0. The molecule has 0 fully saturated rings. The van der Waals surface area contributed by atoms with Crippen molar-refractivity contribution >= 4 is 33.4 Å². The van der Waals surface area contributed by atoms with E-state index in [9.17, 15) is 9.59 Å². The van der Waals surface area contributed by atoms with Crippen LogP contribution >= 0.6 is 11.3 Å². The van der Waals surface area contributed by atoms with Crippen LogP contribution in [-0.4, -0.2) is 29.8 Å². The fourth-order valence-electron chi connectivity index (χ4n) is 3.78. The Bertz CT molecular complexity index is 1420. The van der Waals surface area contributed by atoms with Crippen LogP contribution in [0.15, 0.2) is 71.7 Å². The Balaban J connectivity index is 1.47. The van der Waals surface area contributed by atoms with Crippen LogP contribution in [0.1, 0.15) is 28.4 Å². The van der Waals surface area contributed by atoms with Crippen LogP contribution < -0.4 is 14.3 Å². The molecule has 5 rings (SSSR count). The zero-order chi connectivity index (χ0) is 23.5. The standard InChI is InChI=1S/C26H22N2O5S/c1-2-31-24(29)15-28-20-13-21-22(33-16-32-21)14-23(20)34-26(28)27-25(30)19-10-8-18(9-11-19)12-17-6-4-3-5-7-17/h3-11,13-14H,2,12,15-16H2,1H3. The molecule has 34 heavy (non-hydrogen) atoms. The van der Waals surface area contributed by atoms with E-state index in [-0.39, 0.29) is 25.9 Å². The fraction of sp³-hybridized carbons (Fsp3) is 0.192. The van der Waals surface area contributed by atoms with E-state index in [0.29, 0.717) is 21.9 Å². The molecule has 0 unspecified atom stereocenters. The van der Waals surface area contributed by atoms with Gasteiger partial charge in [0.25, 0.3) is 5.91 Å². The Morgan fingerprint density at radius 1 is 1.00 bits per heavy atom. The fourth-order valence-corrected chi connectivity index (χ4v) is 4.82. The third kappa shape index (κ3) is 4.58. The van der Waals surface area contributed by atoms with Crippen LogP contribution in [0.3, 0.4) is 0 Å². The van der Waals surface area contributed by atoms with Crippen LogP contribution in [0.25, 0.3) is 10.2 Å². The summed E-state index contributed by atoms with van der Waals surface area (Å²) in [4.78, 5) is 30.0. The number of amides is 1. The van der Waals surface area contributed by atoms with E-state index in [1.165, 1.54) is 16.9 Å². The smallest absolute Gasteiger partial charge is 0.326 e. The van der Waals surface area contributed by atoms with Gasteiger partial charge >= 0.3 is 5.97 Å². The van der Waals surface area contributed by atoms with Crippen molar-refractivity contribution in [3.63, 3.8) is 0 Å². The Morgan fingerprint density at radius 2 is 1.71 bits per heavy atom. The number of rotatable bonds is 6. The zero-order valence-electron chi connectivity index (χ0n) is 18.5. The van der Waals surface area contributed by atoms with Crippen LogP contribution in [0.4, 0.5) is 0 Å². The first-order chi connectivity index (χ1) is 16.6. The van der Waals surface area contributed by atoms with Gasteiger partial charge in [0, 0.05) is 17.7 Å². The largest absolute Gasteiger partial charge is 0.465 e. The molecule has 1 aliphatic heterocycles. The van der Waals surface area contributed by atoms with Gasteiger partial charge in [-0.2, -0.15) is 4.99 Å². The average molecular weight is 475 g/mol. The zero-order valence-corrected chi connectivity index (χ0v) is 19.3. The summed E-state index contributed by atoms with van der Waals surface area (Å²) < 4.78 is 18.6. The van der Waals surface area contributed by atoms with E-state index in [4.69, 9.17) is 14.2 Å². The summed E-state index contributed by atoms with van der Waals surface area (Å²) in [5, 5.41) is 0. The van der Waals surface area contributed by atoms with Crippen LogP contribution in [-0.2, 0) is 22.5 Å². The number of thiazole rings is 1. The molecule has 2 heterocycles. The molecule has 4 aromatic rings. The van der Waals surface area contributed by atoms with Gasteiger partial charge in [-0.15, -0.1) is 0 Å². The molecule has 1 amide bonds. The second-order valence-corrected chi connectivity index (χ2v) is 8.73. The molecule has 1 aromatic heterocycles. The predicted molar refractivity (Wildman–Crippen MR) is 128 cm³/mol. The highest BCUT2D eigenvalue weighted by Crippen LogP contribution is 2.37. The monoisotopic (exact) mass is 474 g/mol. The highest BCUT2D eigenvalue weighted by Gasteiger charge is 2.19. The third-order valence-electron chi connectivity index (χ3n) is 5.42. The molecule has 0 N–H and O–H groups in total. The number of esters is 1. The minimum Gasteiger partial charge on any atom is -0.465 e. The Morgan fingerprint density at radius 3 is 2.44 bits per heavy atom. The van der Waals surface area contributed by atoms with Crippen molar-refractivity contribution in [1.82, 2.24) is 4.57 Å². The molecule has 7 nitrogen and oxygen atoms in total. The van der Waals surface area contributed by atoms with Crippen LogP contribution in [0.5, 0.6) is 11.5 Å². The molecule has 1 aliphatic rings. The summed E-state index contributed by atoms with van der Waals surface area (Å²) in [5.41, 5.74) is 3.52. The molecule has 0 radical (unpaired) electrons. The summed E-state index contributed by atoms with van der Waals surface area (Å²) in [5.74, 6) is 0.438. The van der Waals surface area contributed by atoms with Gasteiger partial charge in [0.2, 0.25) is 6.79 Å². The summed E-state index contributed by atoms with van der Waals surface area (Å²) in [6.45, 7) is 2.12. The minimum absolute atomic E-state index is 0.0599. The van der Waals surface area contributed by atoms with Crippen molar-refractivity contribution in [3.05, 3.63) is 88.2 Å². The Labute approximate surface area is 199 Å². The van der Waals surface area contributed by atoms with E-state index >= 15 is 0 Å². The van der Waals surface area contributed by atoms with Gasteiger partial charge in [0.1, 0.15) is 6.54 Å². The highest BCUT2D eigenvalue weighted by molar-refractivity contribution is 7.16. The molecule has 0 bridgehead atoms. The van der Waals surface area contributed by atoms with Gasteiger partial charge < -0.3 is 18.8 Å². The molecule has 0 saturated carbocycles. The lowest BCUT2D eigenvalue weighted by Gasteiger charge is -2.06. The first kappa shape index (κ1) is 21.9. The lowest BCUT2D eigenvalue weighted by atomic mass is 10.0. The average Bonchev–Trinajstić information content (AvgIpc) is 3.43. The Kier molecular flexibility index (Phi) is 6.14. The number of ether oxygens (including phenoxy) is 3. The maximum Gasteiger partial charge on any atom is 0.326 e. The number of carbonyl (C=O) groups is 2. The van der Waals surface area contributed by atoms with E-state index in [2.05, 4.69) is 17.1 Å². The van der Waals surface area contributed by atoms with Crippen molar-refractivity contribution in [2.45, 2.75) is 19.9 Å². The number of hydrogen-bond acceptors (Lipinski definition) is 6. The number of fused-ring (bicyclic) bond motifs is 2. The molecule has 172 valence electrons. The topological polar surface area (TPSA) is 79.1 Å². The molecule has 0 spiro atoms. The van der Waals surface area contributed by atoms with Crippen LogP contribution in [0, 0.1) is 0 Å². The number of aromatic nitrogens is 1. The quantitative estimate of drug-likeness (QED) is 0.389. The number of carbonyl (C=O) groups excluding carboxylic acids is 2. The number of hydrogen-bond donors (Lipinski definition) is 0. The molecule has 8 heteroatoms. The van der Waals surface area contributed by atoms with Gasteiger partial charge in [-0.25, -0.2) is 0 Å². The van der Waals surface area contributed by atoms with Gasteiger partial charge in [-0.05, 0) is 36.6 Å². The first-order valence-electron chi connectivity index (χ1n) is 10.9. The van der Waals surface area contributed by atoms with E-state index in [0.717, 1.165) is 22.2 Å². The summed E-state index contributed by atoms with van der Waals surface area (Å²) in [6.07, 6.45) is 0.789. The lowest BCUT2D eigenvalue weighted by Crippen LogP contribution is -2.23. The van der Waals surface area contributed by atoms with Gasteiger partial charge in [0.15, 0.2) is 16.3 Å². The van der Waals surface area contributed by atoms with Crippen molar-refractivity contribution < 1.29 is 23.8 Å². The van der Waals surface area contributed by atoms with Crippen molar-refractivity contribution in [2.75, 3.05) is 13.4 Å². The van der Waals surface area contributed by atoms with Gasteiger partial charge in [-0.1, -0.05) is 53.8 Å². The van der Waals surface area contributed by atoms with Crippen molar-refractivity contribution in [1.29, 1.82) is 0 Å². The molecule has 0 aliphatic carbocycles. The number of benzene rings is 3. The predicted octanol–water partition coefficient (Wildman–Crippen LogP) is 4.33. The maximum atomic E-state index is 13.0.